The summed E-state index contributed by atoms with van der Waals surface area (Å²) >= 11 is 0. The second kappa shape index (κ2) is 68.7. The first kappa shape index (κ1) is 143. The smallest absolute Gasteiger partial charge is 0.106 e. The minimum atomic E-state index is -0.443. The van der Waals surface area contributed by atoms with Gasteiger partial charge in [-0.1, -0.05) is 285 Å². The van der Waals surface area contributed by atoms with Crippen molar-refractivity contribution < 1.29 is 152 Å². The Kier molecular flexibility index (Phi) is 67.2. The molecule has 12 rings (SSSR count). The van der Waals surface area contributed by atoms with E-state index in [1.165, 1.54) is 22.3 Å². The molecular formula is C121H171Ir5N10O10-5. The summed E-state index contributed by atoms with van der Waals surface area (Å²) in [5, 5.41) is 92.1. The van der Waals surface area contributed by atoms with Crippen molar-refractivity contribution >= 4 is 0 Å². The van der Waals surface area contributed by atoms with E-state index in [9.17, 15) is 30.6 Å². The van der Waals surface area contributed by atoms with Gasteiger partial charge in [-0.25, -0.2) is 24.9 Å². The van der Waals surface area contributed by atoms with Crippen LogP contribution in [0, 0.1) is 77.7 Å². The number of rotatable bonds is 19. The van der Waals surface area contributed by atoms with Crippen molar-refractivity contribution in [2.45, 2.75) is 350 Å². The molecule has 10 N–H and O–H groups in total. The average Bonchev–Trinajstić information content (AvgIpc) is 0.728. The van der Waals surface area contributed by atoms with Crippen molar-refractivity contribution in [3.05, 3.63) is 290 Å². The summed E-state index contributed by atoms with van der Waals surface area (Å²) in [5.74, 6) is 0.479. The van der Waals surface area contributed by atoms with Crippen LogP contribution in [0.25, 0.3) is 78.7 Å². The van der Waals surface area contributed by atoms with Crippen molar-refractivity contribution in [2.24, 2.45) is 33.5 Å². The summed E-state index contributed by atoms with van der Waals surface area (Å²) < 4.78 is 0. The molecule has 0 saturated heterocycles. The van der Waals surface area contributed by atoms with Crippen LogP contribution in [0.15, 0.2) is 226 Å². The Hall–Kier alpha value is -7.21. The molecular weight excluding hydrogens is 2710 g/mol. The molecule has 0 aliphatic rings. The van der Waals surface area contributed by atoms with E-state index in [0.717, 1.165) is 90.3 Å². The number of hydrogen-bond donors (Lipinski definition) is 10. The first-order chi connectivity index (χ1) is 65.3. The minimum Gasteiger partial charge on any atom is -0.393 e. The van der Waals surface area contributed by atoms with E-state index in [1.54, 1.807) is 59.3 Å². The second-order valence-corrected chi connectivity index (χ2v) is 45.5. The van der Waals surface area contributed by atoms with Crippen LogP contribution in [-0.4, -0.2) is 162 Å². The van der Waals surface area contributed by atoms with Gasteiger partial charge in [0.2, 0.25) is 0 Å². The van der Waals surface area contributed by atoms with Crippen LogP contribution in [0.2, 0.25) is 0 Å². The molecule has 10 atom stereocenters. The number of hydrogen-bond acceptors (Lipinski definition) is 20. The molecule has 5 aromatic heterocycles. The molecule has 20 nitrogen and oxygen atoms in total. The van der Waals surface area contributed by atoms with Crippen LogP contribution in [-0.2, 0) is 122 Å². The molecule has 0 amide bonds. The van der Waals surface area contributed by atoms with Gasteiger partial charge >= 0.3 is 0 Å². The van der Waals surface area contributed by atoms with Gasteiger partial charge in [0, 0.05) is 158 Å². The summed E-state index contributed by atoms with van der Waals surface area (Å²) in [6.45, 7) is 68.2. The Balaban J connectivity index is -0.00000157. The van der Waals surface area contributed by atoms with Crippen LogP contribution in [0.3, 0.4) is 0 Å². The molecule has 0 aliphatic heterocycles. The fraction of sp³-hybridized carbons (Fsp3) is 0.488. The summed E-state index contributed by atoms with van der Waals surface area (Å²) in [7, 11) is 0. The Bertz CT molecular complexity index is 5090. The van der Waals surface area contributed by atoms with E-state index in [-0.39, 0.29) is 192 Å². The topological polar surface area (TPSA) is 331 Å². The molecule has 25 heteroatoms. The molecule has 10 unspecified atom stereocenters. The summed E-state index contributed by atoms with van der Waals surface area (Å²) in [4.78, 5) is 43.3. The molecule has 0 saturated carbocycles. The van der Waals surface area contributed by atoms with Crippen molar-refractivity contribution in [2.75, 3.05) is 0 Å². The van der Waals surface area contributed by atoms with E-state index in [2.05, 4.69) is 232 Å². The van der Waals surface area contributed by atoms with Crippen LogP contribution >= 0.6 is 0 Å². The zero-order valence-electron chi connectivity index (χ0n) is 92.9. The molecule has 7 aromatic carbocycles. The van der Waals surface area contributed by atoms with Crippen molar-refractivity contribution in [1.82, 2.24) is 49.8 Å². The van der Waals surface area contributed by atoms with Gasteiger partial charge in [0.15, 0.2) is 0 Å². The van der Waals surface area contributed by atoms with Gasteiger partial charge in [0.05, 0.1) is 66.7 Å². The summed E-state index contributed by atoms with van der Waals surface area (Å²) in [5.41, 5.74) is 20.2. The van der Waals surface area contributed by atoms with Crippen molar-refractivity contribution in [3.63, 3.8) is 0 Å². The van der Waals surface area contributed by atoms with E-state index in [0.29, 0.717) is 32.1 Å². The standard InChI is InChI=1S/C20H19N2.C18H15N2.3C14H15N2.2C11H24O2.C9H20O2.2C5H12O2.5Ir/c1-20(2,3)19-13-18(21-14-22-19)17-11-7-10-16(12-17)15-8-5-4-6-9-15;1-13-5-3-7-15(9-13)17-11-18(20-12-19-17)16-8-4-6-14(2)10-16;3*1-14(2,3)13-9-12(15-10-16-13)11-7-5-4-6-8-11;2*1-10(2,3)8(12)7-9(13)11(4,5)6;1-6(2)8(10)5-9(11)7(3)4;2*1-4(6)3-5(2)7;;;;;/h4-10,12-14H,1-3H3;3-7,9-12H,1-2H3;3*4-7,9-10H,1-3H3;2*8-9,12-13H,7H2,1-6H3;6-11H,5H2,1-4H3;2*4-7H,3H2,1-2H3;;;;;/q5*-1;;;;;;;;;;. The predicted octanol–water partition coefficient (Wildman–Crippen LogP) is 24.9. The zero-order chi connectivity index (χ0) is 107. The Labute approximate surface area is 945 Å². The third kappa shape index (κ3) is 57.9. The molecule has 0 spiro atoms. The fourth-order valence-electron chi connectivity index (χ4n) is 12.6. The third-order valence-electron chi connectivity index (χ3n) is 22.4. The van der Waals surface area contributed by atoms with E-state index < -0.39 is 24.4 Å². The molecule has 146 heavy (non-hydrogen) atoms. The van der Waals surface area contributed by atoms with E-state index in [1.807, 2.05) is 250 Å². The Morgan fingerprint density at radius 1 is 0.226 bits per heavy atom. The molecule has 5 heterocycles. The van der Waals surface area contributed by atoms with Gasteiger partial charge in [0.1, 0.15) is 31.6 Å². The van der Waals surface area contributed by atoms with Gasteiger partial charge < -0.3 is 51.1 Å². The molecule has 0 bridgehead atoms. The normalized spacial score (nSPS) is 13.3. The van der Waals surface area contributed by atoms with Gasteiger partial charge in [-0.2, -0.15) is 0 Å². The fourth-order valence-corrected chi connectivity index (χ4v) is 12.6. The Morgan fingerprint density at radius 3 is 0.753 bits per heavy atom. The minimum absolute atomic E-state index is 0. The molecule has 0 fully saturated rings. The summed E-state index contributed by atoms with van der Waals surface area (Å²) in [6.07, 6.45) is 6.45. The second-order valence-electron chi connectivity index (χ2n) is 45.5. The van der Waals surface area contributed by atoms with Crippen LogP contribution in [0.4, 0.5) is 0 Å². The number of aryl methyl sites for hydroxylation is 2. The maximum absolute atomic E-state index is 9.76. The maximum atomic E-state index is 9.76. The first-order valence-electron chi connectivity index (χ1n) is 49.2. The SMILES string of the molecule is CC(C)(C)C(O)CC(O)C(C)(C)C.CC(C)(C)C(O)CC(O)C(C)(C)C.CC(C)(C)c1cc(-c2[c-]ccc(-c3ccccc3)c2)ncn1.CC(C)(C)c1cc(-c2[c-]cccc2)ncn1.CC(C)(C)c1cc(-c2[c-]cccc2)ncn1.CC(C)(C)c1cc(-c2[c-]cccc2)ncn1.CC(C)C(O)CC(O)C(C)C.CC(O)CC(C)O.CC(O)CC(C)O.Cc1cc[c-]c(-c2cc(-c3cccc(C)c3)ncn2)c1.[Ir].[Ir].[Ir].[Ir].[Ir]. The number of nitrogens with zero attached hydrogens (tertiary/aromatic N) is 10. The quantitative estimate of drug-likeness (QED) is 0.0336. The average molecular weight is 2890 g/mol. The first-order valence-corrected chi connectivity index (χ1v) is 49.2. The number of aromatic nitrogens is 10. The molecule has 815 valence electrons. The third-order valence-corrected chi connectivity index (χ3v) is 22.4. The molecule has 5 radical (unpaired) electrons. The molecule has 12 aromatic rings. The maximum Gasteiger partial charge on any atom is 0.106 e. The van der Waals surface area contributed by atoms with E-state index in [4.69, 9.17) is 20.4 Å². The predicted molar refractivity (Wildman–Crippen MR) is 580 cm³/mol. The largest absolute Gasteiger partial charge is 0.393 e. The zero-order valence-corrected chi connectivity index (χ0v) is 105. The van der Waals surface area contributed by atoms with Gasteiger partial charge in [-0.3, -0.25) is 24.9 Å². The van der Waals surface area contributed by atoms with Crippen molar-refractivity contribution in [3.8, 4) is 78.7 Å². The van der Waals surface area contributed by atoms with Gasteiger partial charge in [-0.15, -0.1) is 178 Å². The van der Waals surface area contributed by atoms with Crippen molar-refractivity contribution in [1.29, 1.82) is 0 Å². The van der Waals surface area contributed by atoms with Gasteiger partial charge in [-0.05, 0) is 133 Å². The van der Waals surface area contributed by atoms with Crippen LogP contribution < -0.4 is 0 Å². The number of aliphatic hydroxyl groups is 10. The monoisotopic (exact) mass is 2890 g/mol. The molecule has 0 aliphatic carbocycles. The summed E-state index contributed by atoms with van der Waals surface area (Å²) in [6, 6.07) is 80.6. The van der Waals surface area contributed by atoms with Crippen LogP contribution in [0.1, 0.15) is 288 Å². The van der Waals surface area contributed by atoms with Crippen LogP contribution in [0.5, 0.6) is 0 Å². The number of aliphatic hydroxyl groups excluding tert-OH is 10. The van der Waals surface area contributed by atoms with E-state index >= 15 is 0 Å². The Morgan fingerprint density at radius 2 is 0.486 bits per heavy atom. The number of benzene rings is 7. The van der Waals surface area contributed by atoms with Gasteiger partial charge in [0.25, 0.3) is 0 Å².